The standard InChI is InChI=1S/C26H21ClFN3O5/c27-18-5-1-3-14(24(18)28)13-9-21(32)16(22(33)10-13)11-29-19-6-2-4-15-17(19)12-31(26(15)36)20-7-8-23(34)30-25(20)35/h1-6,11,13,20,32H,7-10,12H2,(H,30,34,35). The molecule has 3 aliphatic rings. The van der Waals surface area contributed by atoms with Crippen LogP contribution >= 0.6 is 11.6 Å². The third-order valence-electron chi connectivity index (χ3n) is 6.79. The molecule has 8 nitrogen and oxygen atoms in total. The van der Waals surface area contributed by atoms with Crippen molar-refractivity contribution in [1.82, 2.24) is 10.2 Å². The highest BCUT2D eigenvalue weighted by Gasteiger charge is 2.40. The second kappa shape index (κ2) is 9.31. The first kappa shape index (κ1) is 23.9. The Balaban J connectivity index is 1.38. The van der Waals surface area contributed by atoms with Crippen molar-refractivity contribution in [2.45, 2.75) is 44.2 Å². The van der Waals surface area contributed by atoms with Crippen molar-refractivity contribution < 1.29 is 28.7 Å². The number of carbonyl (C=O) groups is 4. The average Bonchev–Trinajstić information content (AvgIpc) is 3.17. The number of hydrogen-bond acceptors (Lipinski definition) is 6. The largest absolute Gasteiger partial charge is 0.511 e. The van der Waals surface area contributed by atoms with E-state index < -0.39 is 23.7 Å². The molecular weight excluding hydrogens is 489 g/mol. The molecule has 2 N–H and O–H groups in total. The number of rotatable bonds is 4. The number of Topliss-reactive ketones (excluding diaryl/α,β-unsaturated/α-hetero) is 1. The fourth-order valence-corrected chi connectivity index (χ4v) is 5.12. The Hall–Kier alpha value is -3.85. The molecule has 5 rings (SSSR count). The van der Waals surface area contributed by atoms with Crippen LogP contribution in [-0.2, 0) is 20.9 Å². The van der Waals surface area contributed by atoms with Gasteiger partial charge >= 0.3 is 0 Å². The second-order valence-electron chi connectivity index (χ2n) is 8.99. The van der Waals surface area contributed by atoms with Gasteiger partial charge in [-0.05, 0) is 30.2 Å². The fourth-order valence-electron chi connectivity index (χ4n) is 4.94. The Kier molecular flexibility index (Phi) is 6.17. The van der Waals surface area contributed by atoms with Crippen LogP contribution in [0.25, 0.3) is 0 Å². The van der Waals surface area contributed by atoms with Crippen LogP contribution in [0.3, 0.4) is 0 Å². The molecule has 0 spiro atoms. The summed E-state index contributed by atoms with van der Waals surface area (Å²) in [6, 6.07) is 8.76. The maximum absolute atomic E-state index is 14.4. The summed E-state index contributed by atoms with van der Waals surface area (Å²) in [6.07, 6.45) is 1.69. The number of benzene rings is 2. The first-order chi connectivity index (χ1) is 17.2. The van der Waals surface area contributed by atoms with E-state index in [-0.39, 0.29) is 71.7 Å². The van der Waals surface area contributed by atoms with Crippen LogP contribution in [0.5, 0.6) is 0 Å². The zero-order valence-corrected chi connectivity index (χ0v) is 19.7. The van der Waals surface area contributed by atoms with Crippen LogP contribution in [-0.4, -0.2) is 45.8 Å². The van der Waals surface area contributed by atoms with Crippen LogP contribution < -0.4 is 5.32 Å². The van der Waals surface area contributed by atoms with Crippen molar-refractivity contribution in [3.63, 3.8) is 0 Å². The number of ketones is 1. The van der Waals surface area contributed by atoms with Gasteiger partial charge in [0.2, 0.25) is 11.8 Å². The number of piperidine rings is 1. The molecule has 0 bridgehead atoms. The Morgan fingerprint density at radius 1 is 1.11 bits per heavy atom. The minimum Gasteiger partial charge on any atom is -0.511 e. The molecular formula is C26H21ClFN3O5. The molecule has 2 atom stereocenters. The lowest BCUT2D eigenvalue weighted by Crippen LogP contribution is -2.52. The number of imide groups is 1. The van der Waals surface area contributed by atoms with E-state index in [1.165, 1.54) is 17.2 Å². The number of hydrogen-bond donors (Lipinski definition) is 2. The van der Waals surface area contributed by atoms with Crippen molar-refractivity contribution in [1.29, 1.82) is 0 Å². The van der Waals surface area contributed by atoms with Gasteiger partial charge in [-0.1, -0.05) is 29.8 Å². The summed E-state index contributed by atoms with van der Waals surface area (Å²) in [4.78, 5) is 55.4. The molecule has 2 unspecified atom stereocenters. The molecule has 0 saturated carbocycles. The number of halogens is 2. The van der Waals surface area contributed by atoms with Crippen molar-refractivity contribution in [2.75, 3.05) is 0 Å². The quantitative estimate of drug-likeness (QED) is 0.479. The summed E-state index contributed by atoms with van der Waals surface area (Å²) in [7, 11) is 0. The summed E-state index contributed by atoms with van der Waals surface area (Å²) < 4.78 is 14.4. The summed E-state index contributed by atoms with van der Waals surface area (Å²) in [6.45, 7) is 0.128. The SMILES string of the molecule is O=C1CCC(N2Cc3c(N=CC4=C(O)CC(c5cccc(Cl)c5F)CC4=O)cccc3C2=O)C(=O)N1. The van der Waals surface area contributed by atoms with Crippen molar-refractivity contribution in [3.05, 3.63) is 75.3 Å². The highest BCUT2D eigenvalue weighted by molar-refractivity contribution is 6.30. The average molecular weight is 510 g/mol. The molecule has 1 fully saturated rings. The molecule has 1 saturated heterocycles. The Morgan fingerprint density at radius 2 is 1.89 bits per heavy atom. The van der Waals surface area contributed by atoms with Crippen molar-refractivity contribution in [3.8, 4) is 0 Å². The summed E-state index contributed by atoms with van der Waals surface area (Å²) >= 11 is 5.86. The maximum atomic E-state index is 14.4. The van der Waals surface area contributed by atoms with E-state index in [4.69, 9.17) is 11.6 Å². The highest BCUT2D eigenvalue weighted by Crippen LogP contribution is 2.37. The Morgan fingerprint density at radius 3 is 2.64 bits per heavy atom. The molecule has 2 aromatic carbocycles. The molecule has 2 aliphatic heterocycles. The fraction of sp³-hybridized carbons (Fsp3) is 0.269. The van der Waals surface area contributed by atoms with Crippen LogP contribution in [0.4, 0.5) is 10.1 Å². The summed E-state index contributed by atoms with van der Waals surface area (Å²) in [5.41, 5.74) is 1.69. The van der Waals surface area contributed by atoms with Gasteiger partial charge in [0.25, 0.3) is 5.91 Å². The Bertz CT molecular complexity index is 1390. The van der Waals surface area contributed by atoms with Crippen LogP contribution in [0, 0.1) is 5.82 Å². The number of amides is 3. The van der Waals surface area contributed by atoms with Gasteiger partial charge in [-0.15, -0.1) is 0 Å². The van der Waals surface area contributed by atoms with Crippen molar-refractivity contribution >= 4 is 47.0 Å². The number of aliphatic hydroxyl groups excluding tert-OH is 1. The number of aliphatic imine (C=N–C) groups is 1. The zero-order chi connectivity index (χ0) is 25.6. The van der Waals surface area contributed by atoms with Gasteiger partial charge in [0.05, 0.1) is 16.3 Å². The van der Waals surface area contributed by atoms with Gasteiger partial charge in [0, 0.05) is 49.1 Å². The minimum absolute atomic E-state index is 0.0165. The van der Waals surface area contributed by atoms with Crippen molar-refractivity contribution in [2.24, 2.45) is 4.99 Å². The van der Waals surface area contributed by atoms with Crippen LogP contribution in [0.15, 0.2) is 52.7 Å². The van der Waals surface area contributed by atoms with E-state index in [1.54, 1.807) is 30.3 Å². The molecule has 0 radical (unpaired) electrons. The third kappa shape index (κ3) is 4.19. The number of aliphatic hydroxyl groups is 1. The molecule has 10 heteroatoms. The Labute approximate surface area is 210 Å². The molecule has 184 valence electrons. The van der Waals surface area contributed by atoms with Gasteiger partial charge in [-0.2, -0.15) is 0 Å². The lowest BCUT2D eigenvalue weighted by atomic mass is 9.82. The van der Waals surface area contributed by atoms with Gasteiger partial charge in [0.1, 0.15) is 17.6 Å². The molecule has 2 aromatic rings. The molecule has 2 heterocycles. The predicted octanol–water partition coefficient (Wildman–Crippen LogP) is 3.90. The molecule has 1 aliphatic carbocycles. The normalized spacial score (nSPS) is 22.4. The smallest absolute Gasteiger partial charge is 0.255 e. The molecule has 3 amide bonds. The number of fused-ring (bicyclic) bond motifs is 1. The van der Waals surface area contributed by atoms with Gasteiger partial charge in [-0.25, -0.2) is 4.39 Å². The molecule has 36 heavy (non-hydrogen) atoms. The second-order valence-corrected chi connectivity index (χ2v) is 9.40. The van der Waals surface area contributed by atoms with Gasteiger partial charge in [-0.3, -0.25) is 29.5 Å². The third-order valence-corrected chi connectivity index (χ3v) is 7.09. The van der Waals surface area contributed by atoms with Crippen LogP contribution in [0.2, 0.25) is 5.02 Å². The van der Waals surface area contributed by atoms with E-state index in [0.29, 0.717) is 16.8 Å². The number of nitrogens with one attached hydrogen (secondary N) is 1. The first-order valence-corrected chi connectivity index (χ1v) is 11.8. The summed E-state index contributed by atoms with van der Waals surface area (Å²) in [5.74, 6) is -2.95. The van der Waals surface area contributed by atoms with Gasteiger partial charge in [0.15, 0.2) is 5.78 Å². The van der Waals surface area contributed by atoms with Gasteiger partial charge < -0.3 is 10.0 Å². The van der Waals surface area contributed by atoms with E-state index in [0.717, 1.165) is 0 Å². The summed E-state index contributed by atoms with van der Waals surface area (Å²) in [5, 5.41) is 12.8. The number of carbonyl (C=O) groups excluding carboxylic acids is 4. The minimum atomic E-state index is -0.755. The zero-order valence-electron chi connectivity index (χ0n) is 19.0. The number of allylic oxidation sites excluding steroid dienone is 2. The topological polar surface area (TPSA) is 116 Å². The lowest BCUT2D eigenvalue weighted by Gasteiger charge is -2.29. The van der Waals surface area contributed by atoms with E-state index in [1.807, 2.05) is 0 Å². The number of nitrogens with zero attached hydrogens (tertiary/aromatic N) is 2. The van der Waals surface area contributed by atoms with Crippen LogP contribution in [0.1, 0.15) is 53.1 Å². The lowest BCUT2D eigenvalue weighted by molar-refractivity contribution is -0.137. The first-order valence-electron chi connectivity index (χ1n) is 11.4. The molecule has 0 aromatic heterocycles. The highest BCUT2D eigenvalue weighted by atomic mass is 35.5. The monoisotopic (exact) mass is 509 g/mol. The predicted molar refractivity (Wildman–Crippen MR) is 129 cm³/mol. The van der Waals surface area contributed by atoms with E-state index in [2.05, 4.69) is 10.3 Å². The van der Waals surface area contributed by atoms with E-state index in [9.17, 15) is 28.7 Å². The maximum Gasteiger partial charge on any atom is 0.255 e. The van der Waals surface area contributed by atoms with E-state index >= 15 is 0 Å².